The molecule has 1 amide bonds. The van der Waals surface area contributed by atoms with Gasteiger partial charge in [-0.15, -0.1) is 11.3 Å². The summed E-state index contributed by atoms with van der Waals surface area (Å²) in [4.78, 5) is 18.0. The highest BCUT2D eigenvalue weighted by Crippen LogP contribution is 2.44. The van der Waals surface area contributed by atoms with Crippen molar-refractivity contribution in [2.45, 2.75) is 0 Å². The monoisotopic (exact) mass is 497 g/mol. The number of nitrogens with zero attached hydrogens (tertiary/aromatic N) is 2. The molecule has 4 rings (SSSR count). The molecule has 2 aromatic heterocycles. The number of nitriles is 1. The van der Waals surface area contributed by atoms with Gasteiger partial charge >= 0.3 is 0 Å². The quantitative estimate of drug-likeness (QED) is 0.336. The van der Waals surface area contributed by atoms with Crippen molar-refractivity contribution in [3.8, 4) is 17.2 Å². The highest BCUT2D eigenvalue weighted by molar-refractivity contribution is 9.10. The fraction of sp³-hybridized carbons (Fsp3) is 0. The fourth-order valence-electron chi connectivity index (χ4n) is 3.11. The lowest BCUT2D eigenvalue weighted by Crippen LogP contribution is -2.11. The van der Waals surface area contributed by atoms with Crippen LogP contribution in [0.3, 0.4) is 0 Å². The average molecular weight is 499 g/mol. The maximum Gasteiger partial charge on any atom is 0.267 e. The van der Waals surface area contributed by atoms with Crippen molar-refractivity contribution in [2.75, 3.05) is 16.8 Å². The predicted molar refractivity (Wildman–Crippen MR) is 126 cm³/mol. The first-order valence-corrected chi connectivity index (χ1v) is 10.6. The molecule has 0 aliphatic rings. The van der Waals surface area contributed by atoms with Crippen LogP contribution in [-0.4, -0.2) is 10.9 Å². The summed E-state index contributed by atoms with van der Waals surface area (Å²) < 4.78 is 0.770. The molecule has 0 fully saturated rings. The van der Waals surface area contributed by atoms with Crippen LogP contribution in [0.2, 0.25) is 5.02 Å². The van der Waals surface area contributed by atoms with Gasteiger partial charge in [-0.1, -0.05) is 45.7 Å². The first-order chi connectivity index (χ1) is 14.4. The molecule has 0 unspecified atom stereocenters. The summed E-state index contributed by atoms with van der Waals surface area (Å²) in [5.41, 5.74) is 14.8. The van der Waals surface area contributed by atoms with Gasteiger partial charge in [-0.2, -0.15) is 5.26 Å². The number of fused-ring (bicyclic) bond motifs is 1. The third-order valence-corrected chi connectivity index (χ3v) is 6.51. The summed E-state index contributed by atoms with van der Waals surface area (Å²) in [6, 6.07) is 16.3. The van der Waals surface area contributed by atoms with E-state index in [1.54, 1.807) is 24.3 Å². The molecule has 5 N–H and O–H groups in total. The molecule has 0 spiro atoms. The van der Waals surface area contributed by atoms with Crippen molar-refractivity contribution in [1.82, 2.24) is 4.98 Å². The Hall–Kier alpha value is -3.12. The first-order valence-electron chi connectivity index (χ1n) is 8.64. The highest BCUT2D eigenvalue weighted by Gasteiger charge is 2.25. The van der Waals surface area contributed by atoms with Crippen LogP contribution >= 0.6 is 38.9 Å². The van der Waals surface area contributed by atoms with E-state index in [1.807, 2.05) is 24.3 Å². The number of carbonyl (C=O) groups excluding carboxylic acids is 1. The second-order valence-electron chi connectivity index (χ2n) is 6.32. The Bertz CT molecular complexity index is 1340. The van der Waals surface area contributed by atoms with Crippen molar-refractivity contribution in [3.05, 3.63) is 68.5 Å². The fourth-order valence-corrected chi connectivity index (χ4v) is 4.72. The first kappa shape index (κ1) is 20.2. The Morgan fingerprint density at radius 2 is 1.87 bits per heavy atom. The van der Waals surface area contributed by atoms with E-state index in [0.717, 1.165) is 21.4 Å². The van der Waals surface area contributed by atoms with Gasteiger partial charge in [0.05, 0.1) is 5.69 Å². The van der Waals surface area contributed by atoms with E-state index < -0.39 is 0 Å². The van der Waals surface area contributed by atoms with Crippen LogP contribution in [0.5, 0.6) is 0 Å². The molecule has 4 aromatic rings. The third kappa shape index (κ3) is 3.48. The Kier molecular flexibility index (Phi) is 5.35. The number of benzene rings is 2. The largest absolute Gasteiger partial charge is 0.397 e. The van der Waals surface area contributed by atoms with Gasteiger partial charge in [0, 0.05) is 26.1 Å². The third-order valence-electron chi connectivity index (χ3n) is 4.47. The Morgan fingerprint density at radius 1 is 1.17 bits per heavy atom. The lowest BCUT2D eigenvalue weighted by atomic mass is 9.97. The maximum atomic E-state index is 12.9. The van der Waals surface area contributed by atoms with Gasteiger partial charge in [-0.05, 0) is 35.9 Å². The van der Waals surface area contributed by atoms with Crippen LogP contribution in [0, 0.1) is 11.3 Å². The number of thiophene rings is 1. The molecule has 30 heavy (non-hydrogen) atoms. The van der Waals surface area contributed by atoms with Crippen LogP contribution in [-0.2, 0) is 0 Å². The van der Waals surface area contributed by atoms with Crippen LogP contribution in [0.15, 0.2) is 53.0 Å². The normalized spacial score (nSPS) is 10.7. The summed E-state index contributed by atoms with van der Waals surface area (Å²) in [5.74, 6) is -0.297. The molecule has 9 heteroatoms. The van der Waals surface area contributed by atoms with E-state index in [0.29, 0.717) is 26.5 Å². The second-order valence-corrected chi connectivity index (χ2v) is 8.61. The molecule has 0 saturated heterocycles. The van der Waals surface area contributed by atoms with Crippen LogP contribution in [0.25, 0.3) is 21.3 Å². The van der Waals surface area contributed by atoms with Crippen molar-refractivity contribution in [3.63, 3.8) is 0 Å². The lowest BCUT2D eigenvalue weighted by molar-refractivity contribution is 0.103. The zero-order chi connectivity index (χ0) is 21.4. The minimum atomic E-state index is -0.382. The van der Waals surface area contributed by atoms with Crippen molar-refractivity contribution in [1.29, 1.82) is 5.26 Å². The summed E-state index contributed by atoms with van der Waals surface area (Å²) in [6.45, 7) is 0. The number of anilines is 3. The van der Waals surface area contributed by atoms with Crippen LogP contribution < -0.4 is 16.8 Å². The molecule has 0 radical (unpaired) electrons. The minimum absolute atomic E-state index is 0.0849. The zero-order valence-corrected chi connectivity index (χ0v) is 18.4. The molecule has 148 valence electrons. The Labute approximate surface area is 189 Å². The van der Waals surface area contributed by atoms with Crippen molar-refractivity contribution >= 4 is 72.2 Å². The topological polar surface area (TPSA) is 118 Å². The molecule has 2 heterocycles. The second kappa shape index (κ2) is 7.95. The number of aromatic nitrogens is 1. The smallest absolute Gasteiger partial charge is 0.267 e. The van der Waals surface area contributed by atoms with Crippen LogP contribution in [0.4, 0.5) is 17.2 Å². The van der Waals surface area contributed by atoms with E-state index in [9.17, 15) is 10.1 Å². The minimum Gasteiger partial charge on any atom is -0.397 e. The molecule has 0 bridgehead atoms. The van der Waals surface area contributed by atoms with Crippen molar-refractivity contribution in [2.24, 2.45) is 0 Å². The SMILES string of the molecule is N#Cc1c(N)nc2sc(C(=O)Nc3ccc(Cl)cc3)c(N)c2c1-c1ccccc1Br. The molecule has 6 nitrogen and oxygen atoms in total. The number of nitrogen functional groups attached to an aromatic ring is 2. The van der Waals surface area contributed by atoms with E-state index in [4.69, 9.17) is 23.1 Å². The van der Waals surface area contributed by atoms with E-state index in [2.05, 4.69) is 32.3 Å². The van der Waals surface area contributed by atoms with Gasteiger partial charge < -0.3 is 16.8 Å². The predicted octanol–water partition coefficient (Wildman–Crippen LogP) is 5.67. The number of nitrogens with one attached hydrogen (secondary N) is 1. The lowest BCUT2D eigenvalue weighted by Gasteiger charge is -2.11. The van der Waals surface area contributed by atoms with Gasteiger partial charge in [-0.25, -0.2) is 4.98 Å². The Balaban J connectivity index is 1.91. The summed E-state index contributed by atoms with van der Waals surface area (Å²) in [5, 5.41) is 13.6. The molecular weight excluding hydrogens is 486 g/mol. The number of pyridine rings is 1. The summed E-state index contributed by atoms with van der Waals surface area (Å²) >= 11 is 10.5. The average Bonchev–Trinajstić information content (AvgIpc) is 3.05. The number of rotatable bonds is 3. The molecule has 0 aliphatic heterocycles. The number of hydrogen-bond acceptors (Lipinski definition) is 6. The van der Waals surface area contributed by atoms with E-state index >= 15 is 0 Å². The van der Waals surface area contributed by atoms with Gasteiger partial charge in [-0.3, -0.25) is 4.79 Å². The zero-order valence-electron chi connectivity index (χ0n) is 15.2. The standard InChI is InChI=1S/C21H13BrClN5OS/c22-14-4-2-1-3-12(14)15-13(9-24)19(26)28-21-16(15)17(25)18(30-21)20(29)27-11-7-5-10(23)6-8-11/h1-8H,25H2,(H2,26,28)(H,27,29). The highest BCUT2D eigenvalue weighted by atomic mass is 79.9. The number of nitrogens with two attached hydrogens (primary N) is 2. The molecule has 2 aromatic carbocycles. The molecule has 0 atom stereocenters. The molecular formula is C21H13BrClN5OS. The molecule has 0 aliphatic carbocycles. The van der Waals surface area contributed by atoms with Gasteiger partial charge in [0.1, 0.15) is 27.2 Å². The number of carbonyl (C=O) groups is 1. The number of hydrogen-bond donors (Lipinski definition) is 3. The van der Waals surface area contributed by atoms with Crippen LogP contribution in [0.1, 0.15) is 15.2 Å². The number of halogens is 2. The summed E-state index contributed by atoms with van der Waals surface area (Å²) in [6.07, 6.45) is 0. The van der Waals surface area contributed by atoms with Gasteiger partial charge in [0.25, 0.3) is 5.91 Å². The Morgan fingerprint density at radius 3 is 2.53 bits per heavy atom. The maximum absolute atomic E-state index is 12.9. The summed E-state index contributed by atoms with van der Waals surface area (Å²) in [7, 11) is 0. The van der Waals surface area contributed by atoms with E-state index in [-0.39, 0.29) is 27.9 Å². The van der Waals surface area contributed by atoms with E-state index in [1.165, 1.54) is 0 Å². The number of amides is 1. The van der Waals surface area contributed by atoms with Gasteiger partial charge in [0.2, 0.25) is 0 Å². The molecule has 0 saturated carbocycles. The van der Waals surface area contributed by atoms with Crippen molar-refractivity contribution < 1.29 is 4.79 Å². The van der Waals surface area contributed by atoms with Gasteiger partial charge in [0.15, 0.2) is 0 Å².